The number of aryl methyl sites for hydroxylation is 1. The molecule has 2 amide bonds. The van der Waals surface area contributed by atoms with Crippen molar-refractivity contribution in [3.05, 3.63) is 86.1 Å². The van der Waals surface area contributed by atoms with Crippen LogP contribution in [0.5, 0.6) is 0 Å². The van der Waals surface area contributed by atoms with Crippen molar-refractivity contribution in [2.75, 3.05) is 4.90 Å². The van der Waals surface area contributed by atoms with Crippen molar-refractivity contribution in [2.24, 2.45) is 0 Å². The third kappa shape index (κ3) is 4.07. The van der Waals surface area contributed by atoms with Gasteiger partial charge in [0.15, 0.2) is 5.11 Å². The average molecular weight is 505 g/mol. The first kappa shape index (κ1) is 22.6. The maximum atomic E-state index is 13.3. The van der Waals surface area contributed by atoms with Gasteiger partial charge in [-0.2, -0.15) is 0 Å². The number of hydrogen-bond donors (Lipinski definition) is 1. The zero-order valence-electron chi connectivity index (χ0n) is 16.9. The molecule has 2 heterocycles. The molecular weight excluding hydrogens is 489 g/mol. The molecule has 3 aromatic rings. The smallest absolute Gasteiger partial charge is 0.270 e. The minimum atomic E-state index is -0.572. The van der Waals surface area contributed by atoms with Gasteiger partial charge >= 0.3 is 0 Å². The van der Waals surface area contributed by atoms with Gasteiger partial charge in [-0.1, -0.05) is 34.8 Å². The maximum absolute atomic E-state index is 13.3. The second-order valence-electron chi connectivity index (χ2n) is 7.19. The monoisotopic (exact) mass is 503 g/mol. The fourth-order valence-electron chi connectivity index (χ4n) is 3.62. The van der Waals surface area contributed by atoms with E-state index in [2.05, 4.69) is 5.32 Å². The van der Waals surface area contributed by atoms with E-state index in [-0.39, 0.29) is 15.7 Å². The van der Waals surface area contributed by atoms with Crippen LogP contribution < -0.4 is 10.2 Å². The van der Waals surface area contributed by atoms with Gasteiger partial charge in [-0.15, -0.1) is 0 Å². The Kier molecular flexibility index (Phi) is 6.14. The zero-order valence-corrected chi connectivity index (χ0v) is 20.0. The number of nitrogens with one attached hydrogen (secondary N) is 1. The topological polar surface area (TPSA) is 54.3 Å². The number of rotatable bonds is 3. The maximum Gasteiger partial charge on any atom is 0.270 e. The molecule has 1 aromatic heterocycles. The highest BCUT2D eigenvalue weighted by molar-refractivity contribution is 7.80. The van der Waals surface area contributed by atoms with Crippen LogP contribution in [0.2, 0.25) is 15.1 Å². The van der Waals surface area contributed by atoms with E-state index in [9.17, 15) is 9.59 Å². The molecule has 162 valence electrons. The van der Waals surface area contributed by atoms with Crippen molar-refractivity contribution in [1.29, 1.82) is 0 Å². The molecule has 32 heavy (non-hydrogen) atoms. The molecule has 0 spiro atoms. The summed E-state index contributed by atoms with van der Waals surface area (Å²) in [6.07, 6.45) is 1.56. The molecular formula is C23H16Cl3N3O2S. The van der Waals surface area contributed by atoms with Gasteiger partial charge in [-0.25, -0.2) is 0 Å². The Morgan fingerprint density at radius 2 is 1.59 bits per heavy atom. The fraction of sp³-hybridized carbons (Fsp3) is 0.0870. The molecule has 9 heteroatoms. The molecule has 1 aliphatic heterocycles. The molecule has 4 rings (SSSR count). The van der Waals surface area contributed by atoms with Crippen LogP contribution in [-0.4, -0.2) is 21.5 Å². The lowest BCUT2D eigenvalue weighted by atomic mass is 10.1. The van der Waals surface area contributed by atoms with Crippen molar-refractivity contribution >= 4 is 75.7 Å². The molecule has 1 saturated heterocycles. The van der Waals surface area contributed by atoms with Gasteiger partial charge in [0, 0.05) is 27.1 Å². The molecule has 5 nitrogen and oxygen atoms in total. The summed E-state index contributed by atoms with van der Waals surface area (Å²) >= 11 is 23.5. The molecule has 0 bridgehead atoms. The Morgan fingerprint density at radius 1 is 0.938 bits per heavy atom. The molecule has 2 aromatic carbocycles. The minimum absolute atomic E-state index is 0.0481. The first-order chi connectivity index (χ1) is 15.2. The number of halogens is 3. The highest BCUT2D eigenvalue weighted by Gasteiger charge is 2.35. The van der Waals surface area contributed by atoms with Gasteiger partial charge in [0.05, 0.1) is 10.7 Å². The third-order valence-electron chi connectivity index (χ3n) is 5.11. The van der Waals surface area contributed by atoms with Gasteiger partial charge < -0.3 is 4.57 Å². The molecule has 0 saturated carbocycles. The summed E-state index contributed by atoms with van der Waals surface area (Å²) in [5, 5.41) is 3.82. The van der Waals surface area contributed by atoms with Crippen molar-refractivity contribution < 1.29 is 9.59 Å². The van der Waals surface area contributed by atoms with Crippen molar-refractivity contribution in [3.8, 4) is 5.69 Å². The lowest BCUT2D eigenvalue weighted by Crippen LogP contribution is -2.54. The summed E-state index contributed by atoms with van der Waals surface area (Å²) in [6, 6.07) is 14.0. The number of thiocarbonyl (C=S) groups is 1. The van der Waals surface area contributed by atoms with E-state index in [0.717, 1.165) is 22.6 Å². The van der Waals surface area contributed by atoms with Crippen LogP contribution in [0.3, 0.4) is 0 Å². The Balaban J connectivity index is 1.77. The number of amides is 2. The summed E-state index contributed by atoms with van der Waals surface area (Å²) in [4.78, 5) is 27.1. The number of benzene rings is 2. The summed E-state index contributed by atoms with van der Waals surface area (Å²) in [5.74, 6) is -1.14. The van der Waals surface area contributed by atoms with Crippen LogP contribution in [-0.2, 0) is 9.59 Å². The van der Waals surface area contributed by atoms with Crippen molar-refractivity contribution in [1.82, 2.24) is 9.88 Å². The predicted octanol–water partition coefficient (Wildman–Crippen LogP) is 5.89. The van der Waals surface area contributed by atoms with Gasteiger partial charge in [0.2, 0.25) is 0 Å². The fourth-order valence-corrected chi connectivity index (χ4v) is 4.51. The summed E-state index contributed by atoms with van der Waals surface area (Å²) < 4.78 is 2.02. The number of carbonyl (C=O) groups excluding carboxylic acids is 2. The highest BCUT2D eigenvalue weighted by Crippen LogP contribution is 2.32. The number of aromatic nitrogens is 1. The number of anilines is 1. The molecule has 1 N–H and O–H groups in total. The standard InChI is InChI=1S/C23H16Cl3N3O2S/c1-12-9-14(13(2)28(12)17-6-3-15(24)4-7-17)10-18-21(30)27-23(32)29(22(18)31)20-8-5-16(25)11-19(20)26/h3-11H,1-2H3,(H,27,30,32)/b18-10+. The minimum Gasteiger partial charge on any atom is -0.318 e. The number of carbonyl (C=O) groups is 2. The molecule has 0 aliphatic carbocycles. The second kappa shape index (κ2) is 8.71. The molecule has 0 unspecified atom stereocenters. The van der Waals surface area contributed by atoms with Crippen molar-refractivity contribution in [2.45, 2.75) is 13.8 Å². The van der Waals surface area contributed by atoms with Crippen LogP contribution in [0.4, 0.5) is 5.69 Å². The molecule has 1 fully saturated rings. The highest BCUT2D eigenvalue weighted by atomic mass is 35.5. The summed E-state index contributed by atoms with van der Waals surface area (Å²) in [7, 11) is 0. The second-order valence-corrected chi connectivity index (χ2v) is 8.86. The van der Waals surface area contributed by atoms with Crippen molar-refractivity contribution in [3.63, 3.8) is 0 Å². The largest absolute Gasteiger partial charge is 0.318 e. The van der Waals surface area contributed by atoms with Gasteiger partial charge in [0.25, 0.3) is 11.8 Å². The Morgan fingerprint density at radius 3 is 2.25 bits per heavy atom. The van der Waals surface area contributed by atoms with Crippen LogP contribution in [0.25, 0.3) is 11.8 Å². The Hall–Kier alpha value is -2.64. The number of nitrogens with zero attached hydrogens (tertiary/aromatic N) is 2. The van der Waals surface area contributed by atoms with Crippen LogP contribution >= 0.6 is 47.0 Å². The van der Waals surface area contributed by atoms with E-state index in [4.69, 9.17) is 47.0 Å². The van der Waals surface area contributed by atoms with E-state index < -0.39 is 11.8 Å². The predicted molar refractivity (Wildman–Crippen MR) is 133 cm³/mol. The average Bonchev–Trinajstić information content (AvgIpc) is 3.00. The first-order valence-electron chi connectivity index (χ1n) is 9.49. The third-order valence-corrected chi connectivity index (χ3v) is 6.18. The number of hydrogen-bond acceptors (Lipinski definition) is 3. The Bertz CT molecular complexity index is 1310. The quantitative estimate of drug-likeness (QED) is 0.275. The lowest BCUT2D eigenvalue weighted by Gasteiger charge is -2.29. The summed E-state index contributed by atoms with van der Waals surface area (Å²) in [6.45, 7) is 3.86. The SMILES string of the molecule is Cc1cc(/C=C2\C(=O)NC(=S)N(c3ccc(Cl)cc3Cl)C2=O)c(C)n1-c1ccc(Cl)cc1. The zero-order chi connectivity index (χ0) is 23.2. The Labute approximate surface area is 205 Å². The van der Waals surface area contributed by atoms with E-state index >= 15 is 0 Å². The lowest BCUT2D eigenvalue weighted by molar-refractivity contribution is -0.122. The van der Waals surface area contributed by atoms with Gasteiger partial charge in [-0.05, 0) is 86.2 Å². The van der Waals surface area contributed by atoms with E-state index in [1.807, 2.05) is 36.6 Å². The van der Waals surface area contributed by atoms with Crippen LogP contribution in [0.15, 0.2) is 54.1 Å². The van der Waals surface area contributed by atoms with E-state index in [0.29, 0.717) is 15.7 Å². The normalized spacial score (nSPS) is 15.5. The van der Waals surface area contributed by atoms with Crippen LogP contribution in [0, 0.1) is 13.8 Å². The van der Waals surface area contributed by atoms with Crippen LogP contribution in [0.1, 0.15) is 17.0 Å². The molecule has 1 aliphatic rings. The van der Waals surface area contributed by atoms with Gasteiger partial charge in [0.1, 0.15) is 5.57 Å². The molecule has 0 atom stereocenters. The molecule has 0 radical (unpaired) electrons. The first-order valence-corrected chi connectivity index (χ1v) is 11.0. The van der Waals surface area contributed by atoms with E-state index in [1.165, 1.54) is 11.0 Å². The van der Waals surface area contributed by atoms with E-state index in [1.54, 1.807) is 30.3 Å². The summed E-state index contributed by atoms with van der Waals surface area (Å²) in [5.41, 5.74) is 3.73. The van der Waals surface area contributed by atoms with Gasteiger partial charge in [-0.3, -0.25) is 19.8 Å².